The molecule has 0 amide bonds. The first-order valence-corrected chi connectivity index (χ1v) is 10.8. The maximum atomic E-state index is 9.79. The Labute approximate surface area is 173 Å². The smallest absolute Gasteiger partial charge is 0.224 e. The summed E-state index contributed by atoms with van der Waals surface area (Å²) >= 11 is 0. The molecule has 7 nitrogen and oxygen atoms in total. The fraction of sp³-hybridized carbons (Fsp3) is 0.591. The van der Waals surface area contributed by atoms with Gasteiger partial charge in [-0.05, 0) is 56.6 Å². The van der Waals surface area contributed by atoms with Crippen LogP contribution in [0.5, 0.6) is 0 Å². The third kappa shape index (κ3) is 6.37. The minimum Gasteiger partial charge on any atom is -0.396 e. The van der Waals surface area contributed by atoms with E-state index in [9.17, 15) is 5.11 Å². The van der Waals surface area contributed by atoms with Crippen molar-refractivity contribution in [3.05, 3.63) is 30.1 Å². The number of hydrogen-bond acceptors (Lipinski definition) is 7. The third-order valence-corrected chi connectivity index (χ3v) is 5.36. The van der Waals surface area contributed by atoms with E-state index in [0.29, 0.717) is 12.0 Å². The summed E-state index contributed by atoms with van der Waals surface area (Å²) in [7, 11) is 0. The summed E-state index contributed by atoms with van der Waals surface area (Å²) in [6, 6.07) is 4.33. The molecule has 2 aromatic heterocycles. The van der Waals surface area contributed by atoms with E-state index in [2.05, 4.69) is 27.5 Å². The molecule has 7 heteroatoms. The lowest BCUT2D eigenvalue weighted by molar-refractivity contribution is 0.126. The van der Waals surface area contributed by atoms with Gasteiger partial charge in [-0.2, -0.15) is 4.98 Å². The molecule has 1 aliphatic rings. The summed E-state index contributed by atoms with van der Waals surface area (Å²) in [4.78, 5) is 13.8. The topological polar surface area (TPSA) is 103 Å². The van der Waals surface area contributed by atoms with Crippen LogP contribution in [0.25, 0.3) is 11.3 Å². The van der Waals surface area contributed by atoms with Crippen molar-refractivity contribution in [2.24, 2.45) is 0 Å². The molecule has 0 aliphatic heterocycles. The van der Waals surface area contributed by atoms with Crippen molar-refractivity contribution in [3.8, 4) is 11.3 Å². The van der Waals surface area contributed by atoms with Crippen LogP contribution in [0.4, 0.5) is 11.8 Å². The Morgan fingerprint density at radius 2 is 1.90 bits per heavy atom. The SMILES string of the molecule is CCCCNc1ncc(-c2ccc(CCCO)cn2)c(N[C@H]2CC[C@H](O)CC2)n1. The zero-order valence-electron chi connectivity index (χ0n) is 17.3. The highest BCUT2D eigenvalue weighted by Gasteiger charge is 2.21. The molecule has 0 radical (unpaired) electrons. The molecule has 29 heavy (non-hydrogen) atoms. The van der Waals surface area contributed by atoms with Gasteiger partial charge in [-0.3, -0.25) is 4.98 Å². The van der Waals surface area contributed by atoms with E-state index in [0.717, 1.165) is 80.6 Å². The number of anilines is 2. The van der Waals surface area contributed by atoms with E-state index in [1.807, 2.05) is 24.5 Å². The van der Waals surface area contributed by atoms with Gasteiger partial charge in [0.1, 0.15) is 5.82 Å². The van der Waals surface area contributed by atoms with Crippen LogP contribution in [-0.4, -0.2) is 50.5 Å². The zero-order chi connectivity index (χ0) is 20.5. The summed E-state index contributed by atoms with van der Waals surface area (Å²) < 4.78 is 0. The molecule has 158 valence electrons. The van der Waals surface area contributed by atoms with E-state index in [4.69, 9.17) is 10.1 Å². The molecule has 3 rings (SSSR count). The van der Waals surface area contributed by atoms with Crippen molar-refractivity contribution in [3.63, 3.8) is 0 Å². The molecule has 0 atom stereocenters. The Morgan fingerprint density at radius 1 is 1.07 bits per heavy atom. The molecular formula is C22H33N5O2. The van der Waals surface area contributed by atoms with Gasteiger partial charge in [0, 0.05) is 31.6 Å². The highest BCUT2D eigenvalue weighted by atomic mass is 16.3. The normalized spacial score (nSPS) is 19.1. The molecule has 1 aliphatic carbocycles. The first-order valence-electron chi connectivity index (χ1n) is 10.8. The van der Waals surface area contributed by atoms with Gasteiger partial charge in [-0.1, -0.05) is 19.4 Å². The molecule has 0 unspecified atom stereocenters. The van der Waals surface area contributed by atoms with Gasteiger partial charge < -0.3 is 20.8 Å². The van der Waals surface area contributed by atoms with E-state index < -0.39 is 0 Å². The quantitative estimate of drug-likeness (QED) is 0.454. The van der Waals surface area contributed by atoms with Crippen molar-refractivity contribution < 1.29 is 10.2 Å². The van der Waals surface area contributed by atoms with Gasteiger partial charge in [0.2, 0.25) is 5.95 Å². The van der Waals surface area contributed by atoms with Crippen LogP contribution < -0.4 is 10.6 Å². The predicted molar refractivity (Wildman–Crippen MR) is 116 cm³/mol. The lowest BCUT2D eigenvalue weighted by atomic mass is 9.93. The first kappa shape index (κ1) is 21.5. The van der Waals surface area contributed by atoms with Crippen LogP contribution in [0.15, 0.2) is 24.5 Å². The van der Waals surface area contributed by atoms with Crippen molar-refractivity contribution in [1.29, 1.82) is 0 Å². The third-order valence-electron chi connectivity index (χ3n) is 5.36. The molecule has 0 bridgehead atoms. The van der Waals surface area contributed by atoms with Gasteiger partial charge in [0.25, 0.3) is 0 Å². The second kappa shape index (κ2) is 11.1. The van der Waals surface area contributed by atoms with E-state index >= 15 is 0 Å². The van der Waals surface area contributed by atoms with Gasteiger partial charge in [-0.15, -0.1) is 0 Å². The van der Waals surface area contributed by atoms with E-state index in [1.165, 1.54) is 0 Å². The highest BCUT2D eigenvalue weighted by Crippen LogP contribution is 2.29. The number of nitrogens with one attached hydrogen (secondary N) is 2. The molecule has 2 aromatic rings. The van der Waals surface area contributed by atoms with Crippen LogP contribution >= 0.6 is 0 Å². The number of aromatic nitrogens is 3. The van der Waals surface area contributed by atoms with Crippen LogP contribution in [0.3, 0.4) is 0 Å². The van der Waals surface area contributed by atoms with Gasteiger partial charge in [0.15, 0.2) is 0 Å². The Kier molecular flexibility index (Phi) is 8.19. The number of aliphatic hydroxyl groups excluding tert-OH is 2. The van der Waals surface area contributed by atoms with E-state index in [-0.39, 0.29) is 12.7 Å². The minimum atomic E-state index is -0.183. The Morgan fingerprint density at radius 3 is 2.59 bits per heavy atom. The summed E-state index contributed by atoms with van der Waals surface area (Å²) in [6.07, 6.45) is 10.7. The molecule has 1 saturated carbocycles. The van der Waals surface area contributed by atoms with Crippen molar-refractivity contribution >= 4 is 11.8 Å². The number of rotatable bonds is 10. The molecule has 4 N–H and O–H groups in total. The van der Waals surface area contributed by atoms with Crippen LogP contribution in [0, 0.1) is 0 Å². The monoisotopic (exact) mass is 399 g/mol. The number of aryl methyl sites for hydroxylation is 1. The standard InChI is InChI=1S/C22H33N5O2/c1-2-3-12-23-22-25-15-19(20-11-6-16(14-24-20)5-4-13-28)21(27-22)26-17-7-9-18(29)10-8-17/h6,11,14-15,17-18,28-29H,2-5,7-10,12-13H2,1H3,(H2,23,25,26,27)/t17-,18-. The van der Waals surface area contributed by atoms with Crippen LogP contribution in [0.1, 0.15) is 57.4 Å². The second-order valence-electron chi connectivity index (χ2n) is 7.76. The Bertz CT molecular complexity index is 745. The average molecular weight is 400 g/mol. The molecular weight excluding hydrogens is 366 g/mol. The Balaban J connectivity index is 1.80. The van der Waals surface area contributed by atoms with Crippen molar-refractivity contribution in [2.45, 2.75) is 70.4 Å². The summed E-state index contributed by atoms with van der Waals surface area (Å²) in [5, 5.41) is 25.7. The highest BCUT2D eigenvalue weighted by molar-refractivity contribution is 5.72. The minimum absolute atomic E-state index is 0.183. The summed E-state index contributed by atoms with van der Waals surface area (Å²) in [5.74, 6) is 1.41. The zero-order valence-corrected chi connectivity index (χ0v) is 17.3. The number of hydrogen-bond donors (Lipinski definition) is 4. The Hall–Kier alpha value is -2.25. The number of pyridine rings is 1. The molecule has 1 fully saturated rings. The van der Waals surface area contributed by atoms with E-state index in [1.54, 1.807) is 0 Å². The molecule has 0 spiro atoms. The van der Waals surface area contributed by atoms with Gasteiger partial charge in [-0.25, -0.2) is 4.98 Å². The largest absolute Gasteiger partial charge is 0.396 e. The molecule has 2 heterocycles. The predicted octanol–water partition coefficient (Wildman–Crippen LogP) is 3.39. The average Bonchev–Trinajstić information content (AvgIpc) is 2.75. The lowest BCUT2D eigenvalue weighted by Crippen LogP contribution is -2.29. The summed E-state index contributed by atoms with van der Waals surface area (Å²) in [5.41, 5.74) is 2.82. The number of unbranched alkanes of at least 4 members (excludes halogenated alkanes) is 1. The molecule has 0 saturated heterocycles. The maximum absolute atomic E-state index is 9.79. The van der Waals surface area contributed by atoms with Crippen molar-refractivity contribution in [1.82, 2.24) is 15.0 Å². The lowest BCUT2D eigenvalue weighted by Gasteiger charge is -2.27. The van der Waals surface area contributed by atoms with Crippen LogP contribution in [-0.2, 0) is 6.42 Å². The first-order chi connectivity index (χ1) is 14.2. The maximum Gasteiger partial charge on any atom is 0.224 e. The summed E-state index contributed by atoms with van der Waals surface area (Å²) in [6.45, 7) is 3.20. The van der Waals surface area contributed by atoms with Crippen molar-refractivity contribution in [2.75, 3.05) is 23.8 Å². The van der Waals surface area contributed by atoms with Crippen LogP contribution in [0.2, 0.25) is 0 Å². The second-order valence-corrected chi connectivity index (χ2v) is 7.76. The number of nitrogens with zero attached hydrogens (tertiary/aromatic N) is 3. The van der Waals surface area contributed by atoms with Gasteiger partial charge >= 0.3 is 0 Å². The molecule has 0 aromatic carbocycles. The fourth-order valence-electron chi connectivity index (χ4n) is 3.57. The fourth-order valence-corrected chi connectivity index (χ4v) is 3.57. The van der Waals surface area contributed by atoms with Gasteiger partial charge in [0.05, 0.1) is 17.4 Å². The number of aliphatic hydroxyl groups is 2.